The molecule has 2 nitrogen and oxygen atoms in total. The average Bonchev–Trinajstić information content (AvgIpc) is 2.30. The monoisotopic (exact) mass is 240 g/mol. The molecule has 1 rings (SSSR count). The lowest BCUT2D eigenvalue weighted by atomic mass is 9.81. The zero-order valence-corrected chi connectivity index (χ0v) is 12.0. The third kappa shape index (κ3) is 3.72. The molecule has 17 heavy (non-hydrogen) atoms. The Balaban J connectivity index is 2.64. The smallest absolute Gasteiger partial charge is 0.312 e. The molecular formula is C15H28O2. The van der Waals surface area contributed by atoms with E-state index >= 15 is 0 Å². The van der Waals surface area contributed by atoms with E-state index in [9.17, 15) is 4.79 Å². The lowest BCUT2D eigenvalue weighted by molar-refractivity contribution is -0.175. The molecule has 0 bridgehead atoms. The first kappa shape index (κ1) is 14.5. The first-order valence-electron chi connectivity index (χ1n) is 7.19. The summed E-state index contributed by atoms with van der Waals surface area (Å²) in [4.78, 5) is 12.3. The summed E-state index contributed by atoms with van der Waals surface area (Å²) in [5.41, 5.74) is -0.477. The van der Waals surface area contributed by atoms with E-state index in [1.807, 2.05) is 13.8 Å². The minimum atomic E-state index is -0.325. The highest BCUT2D eigenvalue weighted by Crippen LogP contribution is 2.37. The van der Waals surface area contributed by atoms with Crippen molar-refractivity contribution in [3.8, 4) is 0 Å². The summed E-state index contributed by atoms with van der Waals surface area (Å²) in [5, 5.41) is 0. The van der Waals surface area contributed by atoms with E-state index in [1.165, 1.54) is 19.3 Å². The van der Waals surface area contributed by atoms with E-state index in [0.29, 0.717) is 0 Å². The highest BCUT2D eigenvalue weighted by Gasteiger charge is 2.38. The number of ether oxygens (including phenoxy) is 1. The maximum atomic E-state index is 12.3. The van der Waals surface area contributed by atoms with Gasteiger partial charge in [0.2, 0.25) is 0 Å². The zero-order chi connectivity index (χ0) is 12.9. The highest BCUT2D eigenvalue weighted by atomic mass is 16.6. The third-order valence-electron chi connectivity index (χ3n) is 4.15. The minimum Gasteiger partial charge on any atom is -0.459 e. The Bertz CT molecular complexity index is 250. The van der Waals surface area contributed by atoms with Crippen molar-refractivity contribution in [1.82, 2.24) is 0 Å². The number of rotatable bonds is 5. The second-order valence-corrected chi connectivity index (χ2v) is 6.12. The van der Waals surface area contributed by atoms with Gasteiger partial charge in [-0.1, -0.05) is 26.7 Å². The van der Waals surface area contributed by atoms with Gasteiger partial charge in [0.05, 0.1) is 5.41 Å². The van der Waals surface area contributed by atoms with Crippen LogP contribution in [0.3, 0.4) is 0 Å². The predicted molar refractivity (Wildman–Crippen MR) is 70.9 cm³/mol. The molecule has 0 unspecified atom stereocenters. The molecule has 0 aromatic rings. The van der Waals surface area contributed by atoms with E-state index in [-0.39, 0.29) is 17.0 Å². The summed E-state index contributed by atoms with van der Waals surface area (Å²) in [6.45, 7) is 8.27. The van der Waals surface area contributed by atoms with Gasteiger partial charge >= 0.3 is 5.97 Å². The van der Waals surface area contributed by atoms with Gasteiger partial charge in [-0.25, -0.2) is 0 Å². The van der Waals surface area contributed by atoms with Gasteiger partial charge in [-0.15, -0.1) is 0 Å². The van der Waals surface area contributed by atoms with Crippen molar-refractivity contribution < 1.29 is 9.53 Å². The average molecular weight is 240 g/mol. The topological polar surface area (TPSA) is 26.3 Å². The quantitative estimate of drug-likeness (QED) is 0.663. The Morgan fingerprint density at radius 2 is 1.76 bits per heavy atom. The lowest BCUT2D eigenvalue weighted by Gasteiger charge is -2.38. The molecule has 100 valence electrons. The number of hydrogen-bond acceptors (Lipinski definition) is 2. The molecule has 1 saturated carbocycles. The first-order valence-corrected chi connectivity index (χ1v) is 7.19. The van der Waals surface area contributed by atoms with Crippen LogP contribution in [0, 0.1) is 5.41 Å². The molecule has 0 saturated heterocycles. The molecule has 1 aliphatic carbocycles. The van der Waals surface area contributed by atoms with Crippen molar-refractivity contribution in [2.45, 2.75) is 84.7 Å². The van der Waals surface area contributed by atoms with Gasteiger partial charge in [-0.3, -0.25) is 4.79 Å². The maximum absolute atomic E-state index is 12.3. The molecule has 0 heterocycles. The fourth-order valence-corrected chi connectivity index (χ4v) is 2.79. The summed E-state index contributed by atoms with van der Waals surface area (Å²) in [7, 11) is 0. The molecule has 0 N–H and O–H groups in total. The van der Waals surface area contributed by atoms with Crippen LogP contribution in [-0.2, 0) is 9.53 Å². The summed E-state index contributed by atoms with van der Waals surface area (Å²) in [5.74, 6) is 0.00287. The van der Waals surface area contributed by atoms with Crippen LogP contribution in [0.4, 0.5) is 0 Å². The molecule has 1 aliphatic rings. The summed E-state index contributed by atoms with van der Waals surface area (Å²) < 4.78 is 5.91. The Hall–Kier alpha value is -0.530. The standard InChI is InChI=1S/C15H28O2/c1-5-10-14(3,4)13(16)17-15(6-2)11-8-7-9-12-15/h5-12H2,1-4H3. The van der Waals surface area contributed by atoms with Crippen molar-refractivity contribution >= 4 is 5.97 Å². The van der Waals surface area contributed by atoms with Crippen molar-refractivity contribution in [2.24, 2.45) is 5.41 Å². The molecule has 2 heteroatoms. The summed E-state index contributed by atoms with van der Waals surface area (Å²) >= 11 is 0. The van der Waals surface area contributed by atoms with Crippen molar-refractivity contribution in [3.63, 3.8) is 0 Å². The Kier molecular flexibility index (Phi) is 5.03. The van der Waals surface area contributed by atoms with E-state index in [0.717, 1.165) is 32.1 Å². The van der Waals surface area contributed by atoms with Crippen molar-refractivity contribution in [2.75, 3.05) is 0 Å². The molecule has 0 spiro atoms. The molecule has 0 aliphatic heterocycles. The minimum absolute atomic E-state index is 0.00287. The third-order valence-corrected chi connectivity index (χ3v) is 4.15. The molecule has 0 amide bonds. The fourth-order valence-electron chi connectivity index (χ4n) is 2.79. The van der Waals surface area contributed by atoms with Gasteiger partial charge in [0.15, 0.2) is 0 Å². The molecule has 0 atom stereocenters. The van der Waals surface area contributed by atoms with E-state index in [2.05, 4.69) is 13.8 Å². The number of hydrogen-bond donors (Lipinski definition) is 0. The molecule has 0 aromatic carbocycles. The summed E-state index contributed by atoms with van der Waals surface area (Å²) in [6.07, 6.45) is 8.70. The second kappa shape index (κ2) is 5.88. The Morgan fingerprint density at radius 1 is 1.18 bits per heavy atom. The second-order valence-electron chi connectivity index (χ2n) is 6.12. The SMILES string of the molecule is CCCC(C)(C)C(=O)OC1(CC)CCCCC1. The normalized spacial score (nSPS) is 20.0. The van der Waals surface area contributed by atoms with Gasteiger partial charge in [0.25, 0.3) is 0 Å². The van der Waals surface area contributed by atoms with Crippen LogP contribution in [0.1, 0.15) is 79.1 Å². The van der Waals surface area contributed by atoms with Crippen LogP contribution in [0.2, 0.25) is 0 Å². The molecule has 1 fully saturated rings. The summed E-state index contributed by atoms with van der Waals surface area (Å²) in [6, 6.07) is 0. The van der Waals surface area contributed by atoms with Gasteiger partial charge in [0, 0.05) is 0 Å². The van der Waals surface area contributed by atoms with Crippen molar-refractivity contribution in [1.29, 1.82) is 0 Å². The largest absolute Gasteiger partial charge is 0.459 e. The molecular weight excluding hydrogens is 212 g/mol. The number of carbonyl (C=O) groups excluding carboxylic acids is 1. The van der Waals surface area contributed by atoms with E-state index < -0.39 is 0 Å². The van der Waals surface area contributed by atoms with Crippen LogP contribution < -0.4 is 0 Å². The van der Waals surface area contributed by atoms with Crippen LogP contribution in [0.5, 0.6) is 0 Å². The highest BCUT2D eigenvalue weighted by molar-refractivity contribution is 5.76. The Labute approximate surface area is 106 Å². The lowest BCUT2D eigenvalue weighted by Crippen LogP contribution is -2.41. The molecule has 0 radical (unpaired) electrons. The van der Waals surface area contributed by atoms with Crippen molar-refractivity contribution in [3.05, 3.63) is 0 Å². The predicted octanol–water partition coefficient (Wildman–Crippen LogP) is 4.47. The Morgan fingerprint density at radius 3 is 2.24 bits per heavy atom. The van der Waals surface area contributed by atoms with Gasteiger partial charge in [-0.2, -0.15) is 0 Å². The van der Waals surface area contributed by atoms with Gasteiger partial charge in [0.1, 0.15) is 5.60 Å². The first-order chi connectivity index (χ1) is 7.96. The molecule has 0 aromatic heterocycles. The maximum Gasteiger partial charge on any atom is 0.312 e. The van der Waals surface area contributed by atoms with Crippen LogP contribution >= 0.6 is 0 Å². The zero-order valence-electron chi connectivity index (χ0n) is 12.0. The van der Waals surface area contributed by atoms with Crippen LogP contribution in [0.25, 0.3) is 0 Å². The van der Waals surface area contributed by atoms with Gasteiger partial charge < -0.3 is 4.74 Å². The fraction of sp³-hybridized carbons (Fsp3) is 0.933. The van der Waals surface area contributed by atoms with E-state index in [1.54, 1.807) is 0 Å². The number of esters is 1. The van der Waals surface area contributed by atoms with E-state index in [4.69, 9.17) is 4.74 Å². The van der Waals surface area contributed by atoms with Crippen LogP contribution in [-0.4, -0.2) is 11.6 Å². The van der Waals surface area contributed by atoms with Crippen LogP contribution in [0.15, 0.2) is 0 Å². The number of carbonyl (C=O) groups is 1. The van der Waals surface area contributed by atoms with Gasteiger partial charge in [-0.05, 0) is 52.4 Å².